The van der Waals surface area contributed by atoms with E-state index in [-0.39, 0.29) is 21.3 Å². The molecule has 0 unspecified atom stereocenters. The molecule has 2 aromatic rings. The first-order valence-corrected chi connectivity index (χ1v) is 11.3. The first-order chi connectivity index (χ1) is 14.1. The van der Waals surface area contributed by atoms with Crippen molar-refractivity contribution < 1.29 is 17.9 Å². The third-order valence-electron chi connectivity index (χ3n) is 4.89. The molecule has 0 spiro atoms. The van der Waals surface area contributed by atoms with Crippen molar-refractivity contribution in [3.05, 3.63) is 46.5 Å². The number of rotatable bonds is 4. The minimum Gasteiger partial charge on any atom is -0.386 e. The Labute approximate surface area is 185 Å². The topological polar surface area (TPSA) is 100 Å². The molecule has 0 radical (unpaired) electrons. The van der Waals surface area contributed by atoms with Crippen LogP contribution in [0.25, 0.3) is 0 Å². The van der Waals surface area contributed by atoms with Crippen LogP contribution in [0.2, 0.25) is 0 Å². The van der Waals surface area contributed by atoms with Crippen LogP contribution >= 0.6 is 0 Å². The van der Waals surface area contributed by atoms with Gasteiger partial charge in [0.1, 0.15) is 9.79 Å². The Morgan fingerprint density at radius 2 is 1.03 bits per heavy atom. The van der Waals surface area contributed by atoms with Crippen molar-refractivity contribution in [2.24, 2.45) is 0 Å². The van der Waals surface area contributed by atoms with Gasteiger partial charge in [-0.1, -0.05) is 53.7 Å². The van der Waals surface area contributed by atoms with Crippen molar-refractivity contribution in [3.8, 4) is 24.0 Å². The number of nitrogens with zero attached hydrogens (tertiary/aromatic N) is 2. The maximum absolute atomic E-state index is 13.9. The van der Waals surface area contributed by atoms with Crippen LogP contribution in [0.5, 0.6) is 11.5 Å². The summed E-state index contributed by atoms with van der Waals surface area (Å²) in [6.45, 7) is 15.1. The van der Waals surface area contributed by atoms with Crippen molar-refractivity contribution in [1.82, 2.24) is 0 Å². The highest BCUT2D eigenvalue weighted by molar-refractivity contribution is 7.91. The van der Waals surface area contributed by atoms with Crippen LogP contribution < -0.4 is 9.47 Å². The van der Waals surface area contributed by atoms with E-state index in [9.17, 15) is 18.9 Å². The van der Waals surface area contributed by atoms with E-state index in [4.69, 9.17) is 9.47 Å². The summed E-state index contributed by atoms with van der Waals surface area (Å²) in [6, 6.07) is 6.59. The Morgan fingerprint density at radius 3 is 1.29 bits per heavy atom. The summed E-state index contributed by atoms with van der Waals surface area (Å²) in [6.07, 6.45) is 3.24. The fraction of sp³-hybridized carbons (Fsp3) is 0.417. The van der Waals surface area contributed by atoms with Crippen LogP contribution in [0.1, 0.15) is 63.8 Å². The first-order valence-electron chi connectivity index (χ1n) is 9.81. The summed E-state index contributed by atoms with van der Waals surface area (Å²) in [5.74, 6) is -0.0235. The second kappa shape index (κ2) is 8.24. The highest BCUT2D eigenvalue weighted by atomic mass is 32.2. The van der Waals surface area contributed by atoms with Gasteiger partial charge in [0.25, 0.3) is 12.5 Å². The summed E-state index contributed by atoms with van der Waals surface area (Å²) in [5, 5.41) is 18.5. The number of nitriles is 2. The molecule has 0 saturated heterocycles. The van der Waals surface area contributed by atoms with E-state index in [0.29, 0.717) is 22.3 Å². The molecule has 0 aliphatic rings. The smallest absolute Gasteiger partial charge is 0.292 e. The molecule has 0 saturated carbocycles. The average Bonchev–Trinajstić information content (AvgIpc) is 2.62. The predicted octanol–water partition coefficient (Wildman–Crippen LogP) is 5.45. The summed E-state index contributed by atoms with van der Waals surface area (Å²) < 4.78 is 38.2. The van der Waals surface area contributed by atoms with Crippen LogP contribution in [-0.4, -0.2) is 8.42 Å². The van der Waals surface area contributed by atoms with Crippen molar-refractivity contribution >= 4 is 9.84 Å². The average molecular weight is 441 g/mol. The van der Waals surface area contributed by atoms with Crippen LogP contribution in [0.4, 0.5) is 0 Å². The second-order valence-electron chi connectivity index (χ2n) is 9.67. The van der Waals surface area contributed by atoms with Crippen LogP contribution in [0, 0.1) is 36.9 Å². The first kappa shape index (κ1) is 24.2. The minimum atomic E-state index is -4.21. The molecule has 0 aliphatic carbocycles. The quantitative estimate of drug-likeness (QED) is 0.586. The molecule has 164 valence electrons. The SMILES string of the molecule is Cc1cc(C(C)(C)C)c(OC#N)c(S(=O)(=O)c2cc(C)cc(C(C)(C)C)c2OC#N)c1. The molecule has 7 heteroatoms. The Morgan fingerprint density at radius 1 is 0.710 bits per heavy atom. The highest BCUT2D eigenvalue weighted by Crippen LogP contribution is 2.44. The fourth-order valence-electron chi connectivity index (χ4n) is 3.41. The van der Waals surface area contributed by atoms with E-state index in [1.165, 1.54) is 12.1 Å². The summed E-state index contributed by atoms with van der Waals surface area (Å²) >= 11 is 0. The monoisotopic (exact) mass is 440 g/mol. The van der Waals surface area contributed by atoms with Crippen molar-refractivity contribution in [2.45, 2.75) is 76.0 Å². The molecule has 31 heavy (non-hydrogen) atoms. The highest BCUT2D eigenvalue weighted by Gasteiger charge is 2.34. The summed E-state index contributed by atoms with van der Waals surface area (Å²) in [4.78, 5) is -0.264. The van der Waals surface area contributed by atoms with Crippen molar-refractivity contribution in [1.29, 1.82) is 10.5 Å². The van der Waals surface area contributed by atoms with Gasteiger partial charge in [-0.05, 0) is 47.9 Å². The van der Waals surface area contributed by atoms with Gasteiger partial charge in [0, 0.05) is 11.1 Å². The third-order valence-corrected chi connectivity index (χ3v) is 6.65. The van der Waals surface area contributed by atoms with E-state index in [1.54, 1.807) is 26.4 Å². The molecule has 6 nitrogen and oxygen atoms in total. The molecule has 0 fully saturated rings. The van der Waals surface area contributed by atoms with Crippen molar-refractivity contribution in [2.75, 3.05) is 0 Å². The molecule has 2 rings (SSSR count). The number of hydrogen-bond acceptors (Lipinski definition) is 6. The third kappa shape index (κ3) is 4.84. The second-order valence-corrected chi connectivity index (χ2v) is 11.6. The predicted molar refractivity (Wildman–Crippen MR) is 118 cm³/mol. The van der Waals surface area contributed by atoms with Gasteiger partial charge in [0.05, 0.1) is 0 Å². The normalized spacial score (nSPS) is 12.1. The molecule has 0 bridgehead atoms. The van der Waals surface area contributed by atoms with Gasteiger partial charge in [0.2, 0.25) is 9.84 Å². The van der Waals surface area contributed by atoms with Crippen molar-refractivity contribution in [3.63, 3.8) is 0 Å². The van der Waals surface area contributed by atoms with Crippen LogP contribution in [0.15, 0.2) is 34.1 Å². The molecular weight excluding hydrogens is 412 g/mol. The lowest BCUT2D eigenvalue weighted by Crippen LogP contribution is -2.18. The minimum absolute atomic E-state index is 0.0117. The van der Waals surface area contributed by atoms with E-state index in [0.717, 1.165) is 0 Å². The summed E-state index contributed by atoms with van der Waals surface area (Å²) in [7, 11) is -4.21. The molecular formula is C24H28N2O4S. The van der Waals surface area contributed by atoms with E-state index in [2.05, 4.69) is 0 Å². The number of benzene rings is 2. The molecule has 0 aliphatic heterocycles. The molecule has 0 aromatic heterocycles. The Kier molecular flexibility index (Phi) is 6.45. The van der Waals surface area contributed by atoms with Gasteiger partial charge in [-0.25, -0.2) is 8.42 Å². The fourth-order valence-corrected chi connectivity index (χ4v) is 5.12. The largest absolute Gasteiger partial charge is 0.386 e. The zero-order valence-electron chi connectivity index (χ0n) is 19.2. The van der Waals surface area contributed by atoms with Gasteiger partial charge in [-0.3, -0.25) is 0 Å². The van der Waals surface area contributed by atoms with E-state index >= 15 is 0 Å². The maximum atomic E-state index is 13.9. The number of aryl methyl sites for hydroxylation is 2. The maximum Gasteiger partial charge on any atom is 0.292 e. The van der Waals surface area contributed by atoms with Gasteiger partial charge < -0.3 is 9.47 Å². The number of ether oxygens (including phenoxy) is 2. The van der Waals surface area contributed by atoms with Gasteiger partial charge in [-0.2, -0.15) is 0 Å². The van der Waals surface area contributed by atoms with E-state index in [1.807, 2.05) is 53.7 Å². The zero-order valence-corrected chi connectivity index (χ0v) is 20.1. The van der Waals surface area contributed by atoms with Gasteiger partial charge in [-0.15, -0.1) is 10.5 Å². The molecule has 2 aromatic carbocycles. The van der Waals surface area contributed by atoms with Crippen LogP contribution in [-0.2, 0) is 20.7 Å². The summed E-state index contributed by atoms with van der Waals surface area (Å²) in [5.41, 5.74) is 1.66. The Balaban J connectivity index is 3.02. The number of sulfone groups is 1. The van der Waals surface area contributed by atoms with E-state index < -0.39 is 20.7 Å². The van der Waals surface area contributed by atoms with Crippen LogP contribution in [0.3, 0.4) is 0 Å². The zero-order chi connectivity index (χ0) is 23.8. The standard InChI is InChI=1S/C24H28N2O4S/c1-15-9-17(23(3,4)5)21(29-13-25)19(11-15)31(27,28)20-12-16(2)10-18(24(6,7)8)22(20)30-14-26/h9-12H,1-8H3. The van der Waals surface area contributed by atoms with Gasteiger partial charge in [0.15, 0.2) is 11.5 Å². The lowest BCUT2D eigenvalue weighted by atomic mass is 9.85. The lowest BCUT2D eigenvalue weighted by molar-refractivity contribution is 0.454. The molecule has 0 atom stereocenters. The number of hydrogen-bond donors (Lipinski definition) is 0. The molecule has 0 heterocycles. The molecule has 0 amide bonds. The Hall–Kier alpha value is -3.03. The lowest BCUT2D eigenvalue weighted by Gasteiger charge is -2.25. The Bertz CT molecular complexity index is 1110. The molecule has 0 N–H and O–H groups in total. The van der Waals surface area contributed by atoms with Gasteiger partial charge >= 0.3 is 0 Å².